The zero-order valence-electron chi connectivity index (χ0n) is 11.4. The second kappa shape index (κ2) is 6.36. The van der Waals surface area contributed by atoms with Crippen LogP contribution in [0.25, 0.3) is 0 Å². The van der Waals surface area contributed by atoms with Crippen LogP contribution in [0.1, 0.15) is 26.2 Å². The molecule has 1 aliphatic carbocycles. The minimum absolute atomic E-state index is 0.0504. The van der Waals surface area contributed by atoms with Crippen LogP contribution in [-0.4, -0.2) is 38.7 Å². The Hall–Kier alpha value is -1.85. The van der Waals surface area contributed by atoms with E-state index in [4.69, 9.17) is 4.74 Å². The van der Waals surface area contributed by atoms with Crippen LogP contribution in [0.5, 0.6) is 0 Å². The van der Waals surface area contributed by atoms with Crippen LogP contribution in [0.3, 0.4) is 0 Å². The zero-order valence-corrected chi connectivity index (χ0v) is 11.4. The van der Waals surface area contributed by atoms with Gasteiger partial charge in [0.15, 0.2) is 5.41 Å². The average Bonchev–Trinajstić information content (AvgIpc) is 2.45. The van der Waals surface area contributed by atoms with Crippen LogP contribution in [-0.2, 0) is 28.6 Å². The molecular weight excluding hydrogens is 252 g/mol. The highest BCUT2D eigenvalue weighted by atomic mass is 16.5. The summed E-state index contributed by atoms with van der Waals surface area (Å²) in [6.07, 6.45) is 2.31. The number of hydrogen-bond donors (Lipinski definition) is 0. The second-order valence-corrected chi connectivity index (χ2v) is 4.23. The van der Waals surface area contributed by atoms with Crippen molar-refractivity contribution in [2.24, 2.45) is 5.41 Å². The summed E-state index contributed by atoms with van der Waals surface area (Å²) in [5.41, 5.74) is -1.13. The van der Waals surface area contributed by atoms with Crippen molar-refractivity contribution in [3.05, 3.63) is 11.6 Å². The van der Waals surface area contributed by atoms with E-state index in [-0.39, 0.29) is 19.4 Å². The highest BCUT2D eigenvalue weighted by molar-refractivity contribution is 6.02. The Labute approximate surface area is 111 Å². The molecule has 0 spiro atoms. The van der Waals surface area contributed by atoms with Gasteiger partial charge in [-0.2, -0.15) is 0 Å². The molecule has 0 unspecified atom stereocenters. The van der Waals surface area contributed by atoms with Crippen LogP contribution >= 0.6 is 0 Å². The van der Waals surface area contributed by atoms with Crippen molar-refractivity contribution in [1.82, 2.24) is 0 Å². The molecule has 0 fully saturated rings. The molecule has 1 aliphatic rings. The Bertz CT molecular complexity index is 393. The van der Waals surface area contributed by atoms with Gasteiger partial charge in [-0.15, -0.1) is 0 Å². The maximum absolute atomic E-state index is 11.9. The molecule has 106 valence electrons. The van der Waals surface area contributed by atoms with Crippen LogP contribution in [0.15, 0.2) is 11.6 Å². The molecule has 0 aliphatic heterocycles. The molecule has 0 aromatic heterocycles. The van der Waals surface area contributed by atoms with E-state index in [2.05, 4.69) is 9.47 Å². The number of esters is 3. The SMILES string of the molecule is CCOC(=O)C1=CCCC(C(=O)OC)(C(=O)OC)C1. The number of carbonyl (C=O) groups excluding carboxylic acids is 3. The Kier molecular flexibility index (Phi) is 5.09. The first-order valence-electron chi connectivity index (χ1n) is 6.04. The smallest absolute Gasteiger partial charge is 0.333 e. The summed E-state index contributed by atoms with van der Waals surface area (Å²) in [5.74, 6) is -1.89. The summed E-state index contributed by atoms with van der Waals surface area (Å²) in [5, 5.41) is 0. The minimum atomic E-state index is -1.44. The Morgan fingerprint density at radius 2 is 1.79 bits per heavy atom. The first kappa shape index (κ1) is 15.2. The van der Waals surface area contributed by atoms with Gasteiger partial charge in [0.05, 0.1) is 20.8 Å². The van der Waals surface area contributed by atoms with E-state index in [1.54, 1.807) is 13.0 Å². The Morgan fingerprint density at radius 1 is 1.21 bits per heavy atom. The minimum Gasteiger partial charge on any atom is -0.468 e. The van der Waals surface area contributed by atoms with E-state index in [1.807, 2.05) is 0 Å². The highest BCUT2D eigenvalue weighted by Crippen LogP contribution is 2.39. The van der Waals surface area contributed by atoms with Gasteiger partial charge in [0.2, 0.25) is 0 Å². The highest BCUT2D eigenvalue weighted by Gasteiger charge is 2.50. The van der Waals surface area contributed by atoms with Gasteiger partial charge in [0.1, 0.15) is 0 Å². The van der Waals surface area contributed by atoms with Gasteiger partial charge < -0.3 is 14.2 Å². The van der Waals surface area contributed by atoms with Gasteiger partial charge in [0.25, 0.3) is 0 Å². The van der Waals surface area contributed by atoms with Crippen molar-refractivity contribution in [1.29, 1.82) is 0 Å². The molecule has 6 nitrogen and oxygen atoms in total. The van der Waals surface area contributed by atoms with Crippen molar-refractivity contribution in [3.8, 4) is 0 Å². The lowest BCUT2D eigenvalue weighted by molar-refractivity contribution is -0.170. The van der Waals surface area contributed by atoms with Crippen LogP contribution in [0.4, 0.5) is 0 Å². The fourth-order valence-electron chi connectivity index (χ4n) is 2.18. The van der Waals surface area contributed by atoms with E-state index in [9.17, 15) is 14.4 Å². The van der Waals surface area contributed by atoms with E-state index in [0.29, 0.717) is 12.0 Å². The molecule has 0 aromatic carbocycles. The molecule has 19 heavy (non-hydrogen) atoms. The molecule has 0 heterocycles. The largest absolute Gasteiger partial charge is 0.468 e. The topological polar surface area (TPSA) is 78.9 Å². The quantitative estimate of drug-likeness (QED) is 0.430. The molecule has 0 bridgehead atoms. The summed E-state index contributed by atoms with van der Waals surface area (Å²) in [4.78, 5) is 35.5. The summed E-state index contributed by atoms with van der Waals surface area (Å²) in [6, 6.07) is 0. The maximum Gasteiger partial charge on any atom is 0.333 e. The van der Waals surface area contributed by atoms with E-state index in [1.165, 1.54) is 14.2 Å². The van der Waals surface area contributed by atoms with Crippen molar-refractivity contribution in [2.75, 3.05) is 20.8 Å². The average molecular weight is 270 g/mol. The van der Waals surface area contributed by atoms with Gasteiger partial charge in [0, 0.05) is 12.0 Å². The summed E-state index contributed by atoms with van der Waals surface area (Å²) in [7, 11) is 2.41. The normalized spacial score (nSPS) is 17.1. The third-order valence-electron chi connectivity index (χ3n) is 3.14. The van der Waals surface area contributed by atoms with Gasteiger partial charge in [-0.25, -0.2) is 4.79 Å². The third-order valence-corrected chi connectivity index (χ3v) is 3.14. The van der Waals surface area contributed by atoms with E-state index in [0.717, 1.165) is 0 Å². The van der Waals surface area contributed by atoms with Gasteiger partial charge in [-0.1, -0.05) is 6.08 Å². The first-order valence-corrected chi connectivity index (χ1v) is 6.04. The number of hydrogen-bond acceptors (Lipinski definition) is 6. The molecular formula is C13H18O6. The molecule has 0 radical (unpaired) electrons. The maximum atomic E-state index is 11.9. The predicted octanol–water partition coefficient (Wildman–Crippen LogP) is 0.992. The van der Waals surface area contributed by atoms with Crippen molar-refractivity contribution in [3.63, 3.8) is 0 Å². The fourth-order valence-corrected chi connectivity index (χ4v) is 2.18. The molecule has 0 saturated carbocycles. The lowest BCUT2D eigenvalue weighted by Gasteiger charge is -2.31. The molecule has 0 amide bonds. The molecule has 1 rings (SSSR count). The summed E-state index contributed by atoms with van der Waals surface area (Å²) >= 11 is 0. The number of methoxy groups -OCH3 is 2. The second-order valence-electron chi connectivity index (χ2n) is 4.23. The fraction of sp³-hybridized carbons (Fsp3) is 0.615. The van der Waals surface area contributed by atoms with Gasteiger partial charge in [-0.05, 0) is 19.8 Å². The lowest BCUT2D eigenvalue weighted by atomic mass is 9.74. The molecule has 0 N–H and O–H groups in total. The van der Waals surface area contributed by atoms with Gasteiger partial charge >= 0.3 is 17.9 Å². The van der Waals surface area contributed by atoms with Crippen LogP contribution in [0, 0.1) is 5.41 Å². The van der Waals surface area contributed by atoms with Crippen molar-refractivity contribution < 1.29 is 28.6 Å². The van der Waals surface area contributed by atoms with Crippen LogP contribution < -0.4 is 0 Å². The number of allylic oxidation sites excluding steroid dienone is 1. The first-order chi connectivity index (χ1) is 9.01. The third kappa shape index (κ3) is 2.94. The van der Waals surface area contributed by atoms with Gasteiger partial charge in [-0.3, -0.25) is 9.59 Å². The Balaban J connectivity index is 3.03. The molecule has 0 aromatic rings. The standard InChI is InChI=1S/C13H18O6/c1-4-19-10(14)9-6-5-7-13(8-9,11(15)17-2)12(16)18-3/h6H,4-5,7-8H2,1-3H3. The number of rotatable bonds is 4. The monoisotopic (exact) mass is 270 g/mol. The molecule has 0 atom stereocenters. The summed E-state index contributed by atoms with van der Waals surface area (Å²) < 4.78 is 14.3. The van der Waals surface area contributed by atoms with Crippen LogP contribution in [0.2, 0.25) is 0 Å². The summed E-state index contributed by atoms with van der Waals surface area (Å²) in [6.45, 7) is 1.93. The molecule has 0 saturated heterocycles. The Morgan fingerprint density at radius 3 is 2.26 bits per heavy atom. The van der Waals surface area contributed by atoms with Crippen molar-refractivity contribution in [2.45, 2.75) is 26.2 Å². The number of carbonyl (C=O) groups is 3. The van der Waals surface area contributed by atoms with E-state index < -0.39 is 23.3 Å². The zero-order chi connectivity index (χ0) is 14.5. The predicted molar refractivity (Wildman–Crippen MR) is 65.0 cm³/mol. The van der Waals surface area contributed by atoms with Crippen molar-refractivity contribution >= 4 is 17.9 Å². The van der Waals surface area contributed by atoms with E-state index >= 15 is 0 Å². The lowest BCUT2D eigenvalue weighted by Crippen LogP contribution is -2.43. The number of ether oxygens (including phenoxy) is 3. The molecule has 6 heteroatoms.